The number of unbranched alkanes of at least 4 members (excludes halogenated alkanes) is 2. The van der Waals surface area contributed by atoms with Gasteiger partial charge >= 0.3 is 11.9 Å². The number of phenols is 2. The highest BCUT2D eigenvalue weighted by Crippen LogP contribution is 2.25. The van der Waals surface area contributed by atoms with E-state index >= 15 is 0 Å². The Morgan fingerprint density at radius 2 is 1.28 bits per heavy atom. The van der Waals surface area contributed by atoms with Gasteiger partial charge in [0.05, 0.1) is 0 Å². The Morgan fingerprint density at radius 1 is 0.723 bits per heavy atom. The Hall–Kier alpha value is -4.33. The number of hydrogen-bond acceptors (Lipinski definition) is 7. The van der Waals surface area contributed by atoms with Gasteiger partial charge in [-0.25, -0.2) is 4.79 Å². The van der Waals surface area contributed by atoms with E-state index < -0.39 is 24.3 Å². The second-order valence-corrected chi connectivity index (χ2v) is 11.1. The van der Waals surface area contributed by atoms with Crippen LogP contribution in [0, 0.1) is 0 Å². The molecular weight excluding hydrogens is 594 g/mol. The lowest BCUT2D eigenvalue weighted by Crippen LogP contribution is -2.44. The highest BCUT2D eigenvalue weighted by atomic mass is 16.7. The Morgan fingerprint density at radius 3 is 1.81 bits per heavy atom. The average Bonchev–Trinajstić information content (AvgIpc) is 3.03. The molecular formula is C39H55NO7. The lowest BCUT2D eigenvalue weighted by molar-refractivity contribution is -0.186. The van der Waals surface area contributed by atoms with Crippen molar-refractivity contribution in [2.24, 2.45) is 0 Å². The number of amides is 1. The first kappa shape index (κ1) is 40.7. The van der Waals surface area contributed by atoms with E-state index in [2.05, 4.69) is 73.0 Å². The lowest BCUT2D eigenvalue weighted by atomic mass is 10.0. The van der Waals surface area contributed by atoms with E-state index in [4.69, 9.17) is 9.47 Å². The fourth-order valence-corrected chi connectivity index (χ4v) is 4.28. The van der Waals surface area contributed by atoms with E-state index in [1.54, 1.807) is 0 Å². The minimum Gasteiger partial charge on any atom is -0.504 e. The van der Waals surface area contributed by atoms with Gasteiger partial charge in [0.15, 0.2) is 11.5 Å². The van der Waals surface area contributed by atoms with Crippen molar-refractivity contribution in [3.8, 4) is 11.5 Å². The number of benzene rings is 1. The number of aromatic hydroxyl groups is 2. The van der Waals surface area contributed by atoms with Crippen molar-refractivity contribution >= 4 is 17.8 Å². The second kappa shape index (κ2) is 26.8. The Kier molecular flexibility index (Phi) is 23.2. The molecule has 0 spiro atoms. The third-order valence-corrected chi connectivity index (χ3v) is 6.80. The molecule has 0 aliphatic rings. The van der Waals surface area contributed by atoms with Gasteiger partial charge in [0, 0.05) is 26.2 Å². The molecule has 0 aromatic heterocycles. The van der Waals surface area contributed by atoms with Crippen LogP contribution in [0.3, 0.4) is 0 Å². The van der Waals surface area contributed by atoms with E-state index in [-0.39, 0.29) is 36.7 Å². The van der Waals surface area contributed by atoms with Crippen molar-refractivity contribution in [3.05, 3.63) is 96.7 Å². The topological polar surface area (TPSA) is 122 Å². The number of ether oxygens (including phenoxy) is 2. The first-order valence-electron chi connectivity index (χ1n) is 16.9. The van der Waals surface area contributed by atoms with Crippen LogP contribution in [0.25, 0.3) is 0 Å². The molecule has 0 heterocycles. The van der Waals surface area contributed by atoms with Gasteiger partial charge in [-0.15, -0.1) is 0 Å². The summed E-state index contributed by atoms with van der Waals surface area (Å²) < 4.78 is 10.5. The van der Waals surface area contributed by atoms with Crippen molar-refractivity contribution in [1.82, 2.24) is 5.32 Å². The maximum atomic E-state index is 13.0. The van der Waals surface area contributed by atoms with Gasteiger partial charge in [-0.1, -0.05) is 106 Å². The standard InChI is InChI=1S/C39H55NO7/c1-4-6-8-9-10-11-12-13-14-15-16-17-18-19-20-21-22-23-25-26-37(43)40-34(30-33-28-29-35(41)36(42)31-33)39(45)47-32(3)46-38(44)27-24-7-5-2/h6,8,10-11,13-14,16-17,19-20,22-23,28-29,31-32,34,41-42H,4-5,7,9,12,15,18,21,24-27,30H2,1-3H3,(H,40,43)/b8-6-,11-10-,14-13-,17-16-,20-19-,23-22-/t32?,34-/m0/s1. The van der Waals surface area contributed by atoms with E-state index in [1.165, 1.54) is 25.1 Å². The molecule has 0 aliphatic carbocycles. The first-order valence-corrected chi connectivity index (χ1v) is 16.9. The Labute approximate surface area is 281 Å². The van der Waals surface area contributed by atoms with Crippen LogP contribution in [0.5, 0.6) is 11.5 Å². The zero-order valence-corrected chi connectivity index (χ0v) is 28.4. The monoisotopic (exact) mass is 649 g/mol. The van der Waals surface area contributed by atoms with Gasteiger partial charge in [0.1, 0.15) is 6.04 Å². The van der Waals surface area contributed by atoms with Gasteiger partial charge < -0.3 is 25.0 Å². The summed E-state index contributed by atoms with van der Waals surface area (Å²) in [7, 11) is 0. The minimum atomic E-state index is -1.12. The zero-order valence-electron chi connectivity index (χ0n) is 28.4. The third kappa shape index (κ3) is 21.9. The lowest BCUT2D eigenvalue weighted by Gasteiger charge is -2.21. The van der Waals surface area contributed by atoms with E-state index in [1.807, 2.05) is 19.1 Å². The quantitative estimate of drug-likeness (QED) is 0.0337. The van der Waals surface area contributed by atoms with Crippen molar-refractivity contribution < 1.29 is 34.1 Å². The molecule has 0 saturated carbocycles. The van der Waals surface area contributed by atoms with Gasteiger partial charge in [-0.3, -0.25) is 9.59 Å². The average molecular weight is 650 g/mol. The number of esters is 2. The van der Waals surface area contributed by atoms with Crippen LogP contribution in [0.2, 0.25) is 0 Å². The fraction of sp³-hybridized carbons (Fsp3) is 0.462. The van der Waals surface area contributed by atoms with Crippen molar-refractivity contribution in [2.45, 2.75) is 117 Å². The maximum absolute atomic E-state index is 13.0. The molecule has 1 rings (SSSR count). The van der Waals surface area contributed by atoms with Gasteiger partial charge in [0.2, 0.25) is 12.2 Å². The summed E-state index contributed by atoms with van der Waals surface area (Å²) in [6.07, 6.45) is 33.3. The highest BCUT2D eigenvalue weighted by Gasteiger charge is 2.26. The first-order chi connectivity index (χ1) is 22.8. The smallest absolute Gasteiger partial charge is 0.332 e. The van der Waals surface area contributed by atoms with Crippen LogP contribution in [0.15, 0.2) is 91.1 Å². The highest BCUT2D eigenvalue weighted by molar-refractivity contribution is 5.85. The number of allylic oxidation sites excluding steroid dienone is 12. The van der Waals surface area contributed by atoms with Gasteiger partial charge in [-0.05, 0) is 69.1 Å². The molecule has 8 nitrogen and oxygen atoms in total. The SMILES string of the molecule is CC/C=C\C/C=C\C/C=C\C/C=C\C/C=C\C/C=C\CCC(=O)N[C@@H](Cc1ccc(O)c(O)c1)C(=O)OC(C)OC(=O)CCCCC. The van der Waals surface area contributed by atoms with Crippen LogP contribution < -0.4 is 5.32 Å². The van der Waals surface area contributed by atoms with Crippen LogP contribution in [-0.2, 0) is 30.3 Å². The predicted molar refractivity (Wildman–Crippen MR) is 189 cm³/mol. The summed E-state index contributed by atoms with van der Waals surface area (Å²) in [6.45, 7) is 5.61. The molecule has 0 bridgehead atoms. The molecule has 0 radical (unpaired) electrons. The van der Waals surface area contributed by atoms with Crippen molar-refractivity contribution in [1.29, 1.82) is 0 Å². The van der Waals surface area contributed by atoms with Crippen LogP contribution >= 0.6 is 0 Å². The number of phenolic OH excluding ortho intramolecular Hbond substituents is 2. The molecule has 0 aliphatic heterocycles. The van der Waals surface area contributed by atoms with Crippen molar-refractivity contribution in [2.75, 3.05) is 0 Å². The van der Waals surface area contributed by atoms with E-state index in [9.17, 15) is 24.6 Å². The molecule has 1 aromatic rings. The predicted octanol–water partition coefficient (Wildman–Crippen LogP) is 8.62. The van der Waals surface area contributed by atoms with Crippen LogP contribution in [-0.4, -0.2) is 40.4 Å². The molecule has 47 heavy (non-hydrogen) atoms. The normalized spacial score (nSPS) is 13.4. The number of hydrogen-bond donors (Lipinski definition) is 3. The molecule has 1 unspecified atom stereocenters. The molecule has 1 amide bonds. The van der Waals surface area contributed by atoms with Crippen LogP contribution in [0.1, 0.15) is 103 Å². The number of carbonyl (C=O) groups excluding carboxylic acids is 3. The summed E-state index contributed by atoms with van der Waals surface area (Å²) in [4.78, 5) is 37.7. The van der Waals surface area contributed by atoms with E-state index in [0.717, 1.165) is 51.4 Å². The number of rotatable bonds is 24. The maximum Gasteiger partial charge on any atom is 0.332 e. The summed E-state index contributed by atoms with van der Waals surface area (Å²) in [5.41, 5.74) is 0.503. The Bertz CT molecular complexity index is 1230. The Balaban J connectivity index is 2.46. The molecule has 2 atom stereocenters. The fourth-order valence-electron chi connectivity index (χ4n) is 4.28. The second-order valence-electron chi connectivity index (χ2n) is 11.1. The zero-order chi connectivity index (χ0) is 34.5. The van der Waals surface area contributed by atoms with E-state index in [0.29, 0.717) is 18.4 Å². The number of carbonyl (C=O) groups is 3. The van der Waals surface area contributed by atoms with Crippen molar-refractivity contribution in [3.63, 3.8) is 0 Å². The van der Waals surface area contributed by atoms with Gasteiger partial charge in [-0.2, -0.15) is 0 Å². The molecule has 8 heteroatoms. The molecule has 3 N–H and O–H groups in total. The molecule has 1 aromatic carbocycles. The molecule has 0 saturated heterocycles. The number of nitrogens with one attached hydrogen (secondary N) is 1. The summed E-state index contributed by atoms with van der Waals surface area (Å²) in [6, 6.07) is 3.07. The summed E-state index contributed by atoms with van der Waals surface area (Å²) in [5.74, 6) is -2.21. The largest absolute Gasteiger partial charge is 0.504 e. The third-order valence-electron chi connectivity index (χ3n) is 6.80. The van der Waals surface area contributed by atoms with Crippen LogP contribution in [0.4, 0.5) is 0 Å². The van der Waals surface area contributed by atoms with Gasteiger partial charge in [0.25, 0.3) is 0 Å². The summed E-state index contributed by atoms with van der Waals surface area (Å²) in [5, 5.41) is 22.2. The minimum absolute atomic E-state index is 0.00942. The molecule has 0 fully saturated rings. The molecule has 258 valence electrons. The summed E-state index contributed by atoms with van der Waals surface area (Å²) >= 11 is 0.